The van der Waals surface area contributed by atoms with E-state index in [1.807, 2.05) is 25.1 Å². The number of pyridine rings is 3. The summed E-state index contributed by atoms with van der Waals surface area (Å²) in [6, 6.07) is 37.3. The summed E-state index contributed by atoms with van der Waals surface area (Å²) in [5.74, 6) is 3.56. The lowest BCUT2D eigenvalue weighted by Gasteiger charge is -2.19. The molecule has 0 amide bonds. The highest BCUT2D eigenvalue weighted by Crippen LogP contribution is 2.55. The Balaban J connectivity index is 0.000000111. The van der Waals surface area contributed by atoms with Gasteiger partial charge in [-0.2, -0.15) is 0 Å². The Hall–Kier alpha value is -6.71. The smallest absolute Gasteiger partial charge is 0.0705 e. The van der Waals surface area contributed by atoms with Crippen molar-refractivity contribution < 1.29 is 0 Å². The summed E-state index contributed by atoms with van der Waals surface area (Å²) in [6.45, 7) is 30.6. The van der Waals surface area contributed by atoms with Gasteiger partial charge in [0.25, 0.3) is 0 Å². The SMILES string of the molecule is Cc1cc2c(cc1C)CCCC2.Cc1cc2ccccc2cc1C.Cc1cc2ccccc2nc1C.Cc1ccc2c(c1C)C1CCC2C1.Cc1ccc2c(c1C)CCCC2.Cc1ncc2c(c1C)C1CCC2C1.Cc1ncc2c(c1C)CCCC2. The molecular formula is C83H101N3. The number of hydrogen-bond acceptors (Lipinski definition) is 3. The van der Waals surface area contributed by atoms with Gasteiger partial charge in [-0.25, -0.2) is 0 Å². The summed E-state index contributed by atoms with van der Waals surface area (Å²) in [6.07, 6.45) is 28.7. The van der Waals surface area contributed by atoms with Gasteiger partial charge in [-0.15, -0.1) is 0 Å². The normalized spacial score (nSPS) is 18.4. The van der Waals surface area contributed by atoms with E-state index < -0.39 is 0 Å². The largest absolute Gasteiger partial charge is 0.261 e. The van der Waals surface area contributed by atoms with Gasteiger partial charge in [-0.3, -0.25) is 15.0 Å². The molecule has 3 heteroatoms. The second-order valence-electron chi connectivity index (χ2n) is 27.1. The first-order chi connectivity index (χ1) is 41.4. The fourth-order valence-electron chi connectivity index (χ4n) is 15.4. The third kappa shape index (κ3) is 14.2. The summed E-state index contributed by atoms with van der Waals surface area (Å²) in [7, 11) is 0. The van der Waals surface area contributed by atoms with E-state index in [4.69, 9.17) is 0 Å². The predicted molar refractivity (Wildman–Crippen MR) is 368 cm³/mol. The van der Waals surface area contributed by atoms with Crippen molar-refractivity contribution in [2.45, 2.75) is 236 Å². The molecule has 448 valence electrons. The predicted octanol–water partition coefficient (Wildman–Crippen LogP) is 22.0. The molecule has 16 rings (SSSR count). The van der Waals surface area contributed by atoms with Crippen molar-refractivity contribution in [3.05, 3.63) is 249 Å². The summed E-state index contributed by atoms with van der Waals surface area (Å²) < 4.78 is 0. The van der Waals surface area contributed by atoms with Crippen LogP contribution >= 0.6 is 0 Å². The molecule has 7 aliphatic rings. The third-order valence-corrected chi connectivity index (χ3v) is 21.5. The summed E-state index contributed by atoms with van der Waals surface area (Å²) >= 11 is 0. The highest BCUT2D eigenvalue weighted by atomic mass is 14.7. The number of rotatable bonds is 0. The molecule has 3 nitrogen and oxygen atoms in total. The first-order valence-electron chi connectivity index (χ1n) is 33.4. The molecule has 0 radical (unpaired) electrons. The quantitative estimate of drug-likeness (QED) is 0.152. The van der Waals surface area contributed by atoms with E-state index >= 15 is 0 Å². The van der Waals surface area contributed by atoms with Crippen molar-refractivity contribution in [3.63, 3.8) is 0 Å². The Bertz CT molecular complexity index is 3540. The molecule has 86 heavy (non-hydrogen) atoms. The minimum absolute atomic E-state index is 0.854. The van der Waals surface area contributed by atoms with Crippen molar-refractivity contribution in [2.24, 2.45) is 0 Å². The average Bonchev–Trinajstić information content (AvgIpc) is 2.89. The Morgan fingerprint density at radius 3 is 1.37 bits per heavy atom. The van der Waals surface area contributed by atoms with E-state index in [1.165, 1.54) is 204 Å². The lowest BCUT2D eigenvalue weighted by Crippen LogP contribution is -2.07. The van der Waals surface area contributed by atoms with Gasteiger partial charge in [0.05, 0.1) is 5.52 Å². The summed E-state index contributed by atoms with van der Waals surface area (Å²) in [5.41, 5.74) is 36.6. The van der Waals surface area contributed by atoms with Crippen molar-refractivity contribution >= 4 is 21.7 Å². The standard InChI is InChI=1S/C13H16.C12H15N.C12H16.C12H12.C12H16.C11H15N.C11H11N/c1-8-3-6-12-10-4-5-11(7-10)13(12)9(8)2;1-7-8(2)13-6-11-9-3-4-10(5-9)12(7)11;2*1-9-7-11-5-3-4-6-12(11)8-10(9)2;1-9-7-8-11-5-3-4-6-12(11)10(9)2;1-8-9(2)12-7-10-5-3-4-6-11(8)10;1-8-7-10-5-3-4-6-11(10)12-9(8)2/h3,6,10-11H,4-5,7H2,1-2H3;6,9-10H,3-5H2,1-2H3;7-8H,3-6H2,1-2H3;3-8H,1-2H3;7-8H,3-6H2,1-2H3;7H,3-6H2,1-2H3;3-7H,1-2H3. The second kappa shape index (κ2) is 28.0. The molecular weight excluding hydrogens is 1040 g/mol. The van der Waals surface area contributed by atoms with E-state index in [0.717, 1.165) is 34.9 Å². The topological polar surface area (TPSA) is 38.7 Å². The highest BCUT2D eigenvalue weighted by molar-refractivity contribution is 5.84. The van der Waals surface area contributed by atoms with Gasteiger partial charge >= 0.3 is 0 Å². The molecule has 2 saturated carbocycles. The first-order valence-corrected chi connectivity index (χ1v) is 33.4. The van der Waals surface area contributed by atoms with Crippen LogP contribution in [0.3, 0.4) is 0 Å². The maximum absolute atomic E-state index is 4.48. The molecule has 0 aliphatic heterocycles. The first kappa shape index (κ1) is 62.3. The van der Waals surface area contributed by atoms with Gasteiger partial charge in [-0.05, 0) is 376 Å². The zero-order valence-corrected chi connectivity index (χ0v) is 55.3. The van der Waals surface area contributed by atoms with Crippen molar-refractivity contribution in [1.82, 2.24) is 15.0 Å². The van der Waals surface area contributed by atoms with Gasteiger partial charge in [0, 0.05) is 34.9 Å². The molecule has 2 fully saturated rings. The van der Waals surface area contributed by atoms with Crippen LogP contribution in [0.15, 0.2) is 116 Å². The molecule has 6 aromatic carbocycles. The molecule has 7 aliphatic carbocycles. The average molecular weight is 1140 g/mol. The van der Waals surface area contributed by atoms with Gasteiger partial charge in [0.1, 0.15) is 0 Å². The van der Waals surface area contributed by atoms with Crippen LogP contribution in [-0.4, -0.2) is 15.0 Å². The fourth-order valence-corrected chi connectivity index (χ4v) is 15.4. The molecule has 0 saturated heterocycles. The third-order valence-electron chi connectivity index (χ3n) is 21.5. The maximum Gasteiger partial charge on any atom is 0.0705 e. The Labute approximate surface area is 519 Å². The number of benzene rings is 6. The van der Waals surface area contributed by atoms with Crippen LogP contribution in [0.25, 0.3) is 21.7 Å². The van der Waals surface area contributed by atoms with Crippen LogP contribution in [0.4, 0.5) is 0 Å². The number of fused-ring (bicyclic) bond motifs is 15. The lowest BCUT2D eigenvalue weighted by molar-refractivity contribution is 0.676. The van der Waals surface area contributed by atoms with Crippen LogP contribution in [0.2, 0.25) is 0 Å². The Morgan fingerprint density at radius 2 is 0.756 bits per heavy atom. The van der Waals surface area contributed by atoms with Crippen LogP contribution in [0, 0.1) is 96.9 Å². The van der Waals surface area contributed by atoms with Crippen LogP contribution in [0.1, 0.15) is 235 Å². The van der Waals surface area contributed by atoms with Crippen molar-refractivity contribution in [3.8, 4) is 0 Å². The minimum atomic E-state index is 0.854. The number of nitrogens with zero attached hydrogens (tertiary/aromatic N) is 3. The number of aryl methyl sites for hydroxylation is 14. The molecule has 4 bridgehead atoms. The highest BCUT2D eigenvalue weighted by Gasteiger charge is 2.39. The van der Waals surface area contributed by atoms with E-state index in [1.54, 1.807) is 55.6 Å². The van der Waals surface area contributed by atoms with E-state index in [9.17, 15) is 0 Å². The van der Waals surface area contributed by atoms with Gasteiger partial charge in [0.2, 0.25) is 0 Å². The second-order valence-corrected chi connectivity index (χ2v) is 27.1. The molecule has 3 heterocycles. The summed E-state index contributed by atoms with van der Waals surface area (Å²) in [4.78, 5) is 13.3. The molecule has 4 unspecified atom stereocenters. The Morgan fingerprint density at radius 1 is 0.314 bits per heavy atom. The van der Waals surface area contributed by atoms with Crippen LogP contribution < -0.4 is 0 Å². The summed E-state index contributed by atoms with van der Waals surface area (Å²) in [5, 5.41) is 3.89. The van der Waals surface area contributed by atoms with Crippen molar-refractivity contribution in [2.75, 3.05) is 0 Å². The van der Waals surface area contributed by atoms with Crippen LogP contribution in [-0.2, 0) is 38.5 Å². The molecule has 9 aromatic rings. The number of para-hydroxylation sites is 1. The fraction of sp³-hybridized carbons (Fsp3) is 0.434. The number of aromatic nitrogens is 3. The van der Waals surface area contributed by atoms with Gasteiger partial charge in [-0.1, -0.05) is 91.0 Å². The van der Waals surface area contributed by atoms with Crippen LogP contribution in [0.5, 0.6) is 0 Å². The van der Waals surface area contributed by atoms with E-state index in [-0.39, 0.29) is 0 Å². The molecule has 0 N–H and O–H groups in total. The molecule has 3 aromatic heterocycles. The van der Waals surface area contributed by atoms with E-state index in [2.05, 4.69) is 202 Å². The zero-order valence-electron chi connectivity index (χ0n) is 55.3. The minimum Gasteiger partial charge on any atom is -0.261 e. The Kier molecular flexibility index (Phi) is 20.3. The van der Waals surface area contributed by atoms with Gasteiger partial charge in [0.15, 0.2) is 0 Å². The zero-order chi connectivity index (χ0) is 60.8. The van der Waals surface area contributed by atoms with E-state index in [0.29, 0.717) is 0 Å². The van der Waals surface area contributed by atoms with Gasteiger partial charge < -0.3 is 0 Å². The monoisotopic (exact) mass is 1140 g/mol. The molecule has 4 atom stereocenters. The number of hydrogen-bond donors (Lipinski definition) is 0. The molecule has 0 spiro atoms. The van der Waals surface area contributed by atoms with Crippen molar-refractivity contribution in [1.29, 1.82) is 0 Å². The lowest BCUT2D eigenvalue weighted by atomic mass is 9.87. The maximum atomic E-state index is 4.48.